The maximum absolute atomic E-state index is 7.65. The van der Waals surface area contributed by atoms with Crippen LogP contribution in [0.2, 0.25) is 0 Å². The van der Waals surface area contributed by atoms with Crippen molar-refractivity contribution in [3.63, 3.8) is 0 Å². The van der Waals surface area contributed by atoms with E-state index in [0.717, 1.165) is 110 Å². The summed E-state index contributed by atoms with van der Waals surface area (Å²) in [5.74, 6) is 0. The molecule has 0 saturated heterocycles. The predicted octanol–water partition coefficient (Wildman–Crippen LogP) is 29.2. The Labute approximate surface area is 598 Å². The number of benzene rings is 20. The van der Waals surface area contributed by atoms with Crippen LogP contribution in [0.4, 0.5) is 0 Å². The summed E-state index contributed by atoms with van der Waals surface area (Å²) in [6.07, 6.45) is 0. The van der Waals surface area contributed by atoms with Crippen LogP contribution in [-0.2, 0) is 0 Å². The Hall–Kier alpha value is -13.7. The van der Waals surface area contributed by atoms with Crippen LogP contribution in [-0.4, -0.2) is 0 Å². The fourth-order valence-electron chi connectivity index (χ4n) is 18.1. The van der Waals surface area contributed by atoms with E-state index in [-0.39, 0.29) is 0 Å². The highest BCUT2D eigenvalue weighted by Crippen LogP contribution is 2.55. The van der Waals surface area contributed by atoms with Gasteiger partial charge in [0.1, 0.15) is 22.3 Å². The fourth-order valence-corrected chi connectivity index (χ4v) is 18.1. The average molecular weight is 1320 g/mol. The van der Waals surface area contributed by atoms with E-state index in [1.54, 1.807) is 0 Å². The zero-order valence-corrected chi connectivity index (χ0v) is 56.5. The van der Waals surface area contributed by atoms with Crippen molar-refractivity contribution in [3.8, 4) is 89.0 Å². The maximum atomic E-state index is 7.65. The van der Waals surface area contributed by atoms with Crippen LogP contribution in [0.25, 0.3) is 230 Å². The molecule has 0 radical (unpaired) electrons. The second-order valence-electron chi connectivity index (χ2n) is 27.8. The quantitative estimate of drug-likeness (QED) is 0.112. The van der Waals surface area contributed by atoms with Crippen LogP contribution in [0.5, 0.6) is 0 Å². The highest BCUT2D eigenvalue weighted by molar-refractivity contribution is 6.34. The van der Waals surface area contributed by atoms with Crippen LogP contribution >= 0.6 is 0 Å². The summed E-state index contributed by atoms with van der Waals surface area (Å²) in [5, 5.41) is 25.8. The zero-order valence-electron chi connectivity index (χ0n) is 56.5. The molecule has 480 valence electrons. The van der Waals surface area contributed by atoms with Crippen molar-refractivity contribution >= 4 is 141 Å². The first-order chi connectivity index (χ1) is 51.7. The molecule has 22 aromatic rings. The van der Waals surface area contributed by atoms with Crippen LogP contribution in [0.15, 0.2) is 373 Å². The normalized spacial score (nSPS) is 12.0. The molecule has 0 saturated carbocycles. The van der Waals surface area contributed by atoms with Gasteiger partial charge in [-0.2, -0.15) is 0 Å². The predicted molar refractivity (Wildman–Crippen MR) is 442 cm³/mol. The maximum Gasteiger partial charge on any atom is 0.143 e. The topological polar surface area (TPSA) is 26.3 Å². The first-order valence-corrected chi connectivity index (χ1v) is 36.0. The molecule has 2 aromatic heterocycles. The number of hydrogen-bond acceptors (Lipinski definition) is 2. The molecule has 0 N–H and O–H groups in total. The van der Waals surface area contributed by atoms with Gasteiger partial charge in [-0.15, -0.1) is 0 Å². The summed E-state index contributed by atoms with van der Waals surface area (Å²) in [4.78, 5) is 0. The summed E-state index contributed by atoms with van der Waals surface area (Å²) in [6, 6.07) is 135. The van der Waals surface area contributed by atoms with E-state index in [2.05, 4.69) is 364 Å². The molecule has 2 heterocycles. The highest BCUT2D eigenvalue weighted by Gasteiger charge is 2.29. The molecule has 2 heteroatoms. The van der Waals surface area contributed by atoms with Crippen LogP contribution in [0.3, 0.4) is 0 Å². The van der Waals surface area contributed by atoms with E-state index in [1.807, 2.05) is 0 Å². The van der Waals surface area contributed by atoms with Crippen LogP contribution in [0.1, 0.15) is 0 Å². The lowest BCUT2D eigenvalue weighted by Crippen LogP contribution is -1.96. The van der Waals surface area contributed by atoms with Crippen LogP contribution in [0, 0.1) is 0 Å². The molecule has 0 amide bonds. The molecule has 20 aromatic carbocycles. The lowest BCUT2D eigenvalue weighted by molar-refractivity contribution is 0.672. The van der Waals surface area contributed by atoms with E-state index in [4.69, 9.17) is 8.83 Å². The molecular weight excluding hydrogens is 1260 g/mol. The molecule has 0 fully saturated rings. The van der Waals surface area contributed by atoms with Crippen LogP contribution < -0.4 is 0 Å². The van der Waals surface area contributed by atoms with Crippen molar-refractivity contribution in [2.75, 3.05) is 0 Å². The minimum atomic E-state index is 0.857. The molecule has 0 atom stereocenters. The number of fused-ring (bicyclic) bond motifs is 18. The van der Waals surface area contributed by atoms with Crippen molar-refractivity contribution in [3.05, 3.63) is 364 Å². The zero-order chi connectivity index (χ0) is 68.1. The SMILES string of the molecule is c1ccc(-c2c(-c3c4ccccc4c(-c4ccc(-c5ccc(-c6ccc(-c7c8ccccc8c(-c8cccc9oc%10c%11ccccc%11ccc%10c89)c8ccccc78)cc6)c6c(-c7ccccc7)cccc56)c5oc6c7ccccc7ccc6c45)c4ccccc34)c3ccccc3c3ccccc23)cc1. The molecule has 0 aliphatic heterocycles. The van der Waals surface area contributed by atoms with E-state index >= 15 is 0 Å². The Bertz CT molecular complexity index is 7260. The lowest BCUT2D eigenvalue weighted by atomic mass is 9.79. The van der Waals surface area contributed by atoms with Gasteiger partial charge in [0.15, 0.2) is 0 Å². The molecule has 0 spiro atoms. The molecule has 0 bridgehead atoms. The second kappa shape index (κ2) is 22.9. The third-order valence-corrected chi connectivity index (χ3v) is 22.4. The minimum absolute atomic E-state index is 0.857. The van der Waals surface area contributed by atoms with Crippen molar-refractivity contribution in [2.45, 2.75) is 0 Å². The Kier molecular flexibility index (Phi) is 12.8. The van der Waals surface area contributed by atoms with Gasteiger partial charge < -0.3 is 8.83 Å². The van der Waals surface area contributed by atoms with Gasteiger partial charge in [0.2, 0.25) is 0 Å². The third-order valence-electron chi connectivity index (χ3n) is 22.4. The molecule has 2 nitrogen and oxygen atoms in total. The van der Waals surface area contributed by atoms with Crippen molar-refractivity contribution in [2.24, 2.45) is 0 Å². The Morgan fingerprint density at radius 2 is 0.490 bits per heavy atom. The van der Waals surface area contributed by atoms with Crippen molar-refractivity contribution < 1.29 is 8.83 Å². The summed E-state index contributed by atoms with van der Waals surface area (Å²) in [7, 11) is 0. The van der Waals surface area contributed by atoms with E-state index < -0.39 is 0 Å². The Morgan fingerprint density at radius 3 is 1.06 bits per heavy atom. The van der Waals surface area contributed by atoms with Gasteiger partial charge in [-0.25, -0.2) is 0 Å². The molecule has 0 unspecified atom stereocenters. The van der Waals surface area contributed by atoms with E-state index in [1.165, 1.54) is 120 Å². The summed E-state index contributed by atoms with van der Waals surface area (Å²) in [6.45, 7) is 0. The van der Waals surface area contributed by atoms with Gasteiger partial charge >= 0.3 is 0 Å². The number of hydrogen-bond donors (Lipinski definition) is 0. The van der Waals surface area contributed by atoms with E-state index in [9.17, 15) is 0 Å². The standard InChI is InChI=1S/C102H60O2/c1-3-25-61(26-4-1)67-45-23-46-75-73(58-57-68(93(67)75)64-49-51-66(52-50-64)91-77-37-15-17-39-79(77)94(80-40-18-16-38-78(80)91)86-47-24-48-90-96(86)88-55-53-62-27-7-9-31-69(62)100(88)103-90)85-59-60-87(98-89-56-54-63-28-8-10-32-70(63)101(89)104-102(85)98)95-81-41-19-21-43-83(81)97(84-44-22-20-42-82(84)95)99-76-36-14-12-34-72(76)71-33-11-13-35-74(71)92(99)65-29-5-2-6-30-65/h1-60H. The van der Waals surface area contributed by atoms with Gasteiger partial charge in [-0.3, -0.25) is 0 Å². The van der Waals surface area contributed by atoms with Crippen molar-refractivity contribution in [1.29, 1.82) is 0 Å². The number of furan rings is 2. The third kappa shape index (κ3) is 8.57. The fraction of sp³-hybridized carbons (Fsp3) is 0. The van der Waals surface area contributed by atoms with Gasteiger partial charge in [-0.05, 0) is 194 Å². The van der Waals surface area contributed by atoms with Gasteiger partial charge in [-0.1, -0.05) is 340 Å². The lowest BCUT2D eigenvalue weighted by Gasteiger charge is -2.23. The smallest absolute Gasteiger partial charge is 0.143 e. The van der Waals surface area contributed by atoms with E-state index in [0.29, 0.717) is 0 Å². The Balaban J connectivity index is 0.750. The van der Waals surface area contributed by atoms with Gasteiger partial charge in [0, 0.05) is 37.9 Å². The largest absolute Gasteiger partial charge is 0.455 e. The molecule has 0 aliphatic rings. The summed E-state index contributed by atoms with van der Waals surface area (Å²) < 4.78 is 14.5. The molecule has 104 heavy (non-hydrogen) atoms. The molecular formula is C102H60O2. The first-order valence-electron chi connectivity index (χ1n) is 36.0. The summed E-state index contributed by atoms with van der Waals surface area (Å²) in [5.41, 5.74) is 22.2. The Morgan fingerprint density at radius 1 is 0.135 bits per heavy atom. The van der Waals surface area contributed by atoms with Gasteiger partial charge in [0.25, 0.3) is 0 Å². The second-order valence-corrected chi connectivity index (χ2v) is 27.8. The summed E-state index contributed by atoms with van der Waals surface area (Å²) >= 11 is 0. The molecule has 0 aliphatic carbocycles. The van der Waals surface area contributed by atoms with Crippen molar-refractivity contribution in [1.82, 2.24) is 0 Å². The molecule has 22 rings (SSSR count). The minimum Gasteiger partial charge on any atom is -0.455 e. The average Bonchev–Trinajstić information content (AvgIpc) is 1.10. The monoisotopic (exact) mass is 1320 g/mol. The number of rotatable bonds is 8. The highest BCUT2D eigenvalue weighted by atomic mass is 16.3. The first kappa shape index (κ1) is 58.2. The van der Waals surface area contributed by atoms with Gasteiger partial charge in [0.05, 0.1) is 0 Å².